The lowest BCUT2D eigenvalue weighted by molar-refractivity contribution is 0.195. The maximum atomic E-state index is 12.5. The van der Waals surface area contributed by atoms with Gasteiger partial charge in [0.2, 0.25) is 0 Å². The van der Waals surface area contributed by atoms with Crippen LogP contribution in [0.15, 0.2) is 33.9 Å². The highest BCUT2D eigenvalue weighted by molar-refractivity contribution is 5.54. The smallest absolute Gasteiger partial charge is 0.334 e. The summed E-state index contributed by atoms with van der Waals surface area (Å²) in [7, 11) is 0. The Morgan fingerprint density at radius 3 is 2.62 bits per heavy atom. The van der Waals surface area contributed by atoms with E-state index in [9.17, 15) is 9.59 Å². The molecule has 126 valence electrons. The number of fused-ring (bicyclic) bond motifs is 1. The highest BCUT2D eigenvalue weighted by atomic mass is 16.2. The van der Waals surface area contributed by atoms with Crippen molar-refractivity contribution < 1.29 is 0 Å². The SMILES string of the molecule is Cc1ccccc1-n1c2c(c(=O)[nH]c1=O)CN(C1CCCC1)CN2. The fourth-order valence-corrected chi connectivity index (χ4v) is 3.91. The molecule has 4 rings (SSSR count). The molecule has 2 aliphatic rings. The number of para-hydroxylation sites is 1. The van der Waals surface area contributed by atoms with E-state index in [1.54, 1.807) is 4.57 Å². The van der Waals surface area contributed by atoms with Crippen molar-refractivity contribution >= 4 is 5.82 Å². The molecule has 0 atom stereocenters. The Bertz CT molecular complexity index is 877. The summed E-state index contributed by atoms with van der Waals surface area (Å²) < 4.78 is 1.60. The molecule has 6 nitrogen and oxygen atoms in total. The summed E-state index contributed by atoms with van der Waals surface area (Å²) in [4.78, 5) is 29.6. The Kier molecular flexibility index (Phi) is 3.76. The van der Waals surface area contributed by atoms with Gasteiger partial charge in [0.1, 0.15) is 5.82 Å². The minimum absolute atomic E-state index is 0.282. The van der Waals surface area contributed by atoms with Crippen LogP contribution in [0, 0.1) is 6.92 Å². The van der Waals surface area contributed by atoms with Crippen LogP contribution in [0.1, 0.15) is 36.8 Å². The second kappa shape index (κ2) is 5.94. The van der Waals surface area contributed by atoms with Crippen LogP contribution in [-0.4, -0.2) is 27.2 Å². The van der Waals surface area contributed by atoms with Crippen molar-refractivity contribution in [3.8, 4) is 5.69 Å². The molecule has 2 aromatic rings. The van der Waals surface area contributed by atoms with Crippen molar-refractivity contribution in [3.05, 3.63) is 56.2 Å². The highest BCUT2D eigenvalue weighted by Crippen LogP contribution is 2.29. The van der Waals surface area contributed by atoms with Crippen LogP contribution in [-0.2, 0) is 6.54 Å². The van der Waals surface area contributed by atoms with Crippen molar-refractivity contribution in [1.29, 1.82) is 0 Å². The highest BCUT2D eigenvalue weighted by Gasteiger charge is 2.29. The molecular weight excluding hydrogens is 304 g/mol. The number of hydrogen-bond donors (Lipinski definition) is 2. The fourth-order valence-electron chi connectivity index (χ4n) is 3.91. The first-order valence-corrected chi connectivity index (χ1v) is 8.57. The maximum Gasteiger partial charge on any atom is 0.334 e. The zero-order valence-electron chi connectivity index (χ0n) is 13.8. The summed E-state index contributed by atoms with van der Waals surface area (Å²) in [6.45, 7) is 3.23. The van der Waals surface area contributed by atoms with E-state index < -0.39 is 5.69 Å². The molecule has 2 heterocycles. The minimum atomic E-state index is -0.394. The van der Waals surface area contributed by atoms with Crippen LogP contribution < -0.4 is 16.6 Å². The molecule has 6 heteroatoms. The van der Waals surface area contributed by atoms with Crippen molar-refractivity contribution in [2.75, 3.05) is 12.0 Å². The maximum absolute atomic E-state index is 12.5. The first-order chi connectivity index (χ1) is 11.6. The van der Waals surface area contributed by atoms with Crippen LogP contribution in [0.4, 0.5) is 5.82 Å². The number of nitrogens with one attached hydrogen (secondary N) is 2. The number of anilines is 1. The van der Waals surface area contributed by atoms with E-state index >= 15 is 0 Å². The number of H-pyrrole nitrogens is 1. The molecule has 0 saturated heterocycles. The third kappa shape index (κ3) is 2.47. The standard InChI is InChI=1S/C18H22N4O2/c1-12-6-2-5-9-15(12)22-16-14(17(23)20-18(22)24)10-21(11-19-16)13-7-3-4-8-13/h2,5-6,9,13,19H,3-4,7-8,10-11H2,1H3,(H,20,23,24). The monoisotopic (exact) mass is 326 g/mol. The number of benzene rings is 1. The summed E-state index contributed by atoms with van der Waals surface area (Å²) >= 11 is 0. The van der Waals surface area contributed by atoms with Gasteiger partial charge in [-0.05, 0) is 31.4 Å². The average Bonchev–Trinajstić information content (AvgIpc) is 3.11. The van der Waals surface area contributed by atoms with Gasteiger partial charge in [-0.3, -0.25) is 14.7 Å². The Morgan fingerprint density at radius 2 is 1.88 bits per heavy atom. The third-order valence-corrected chi connectivity index (χ3v) is 5.22. The van der Waals surface area contributed by atoms with Gasteiger partial charge in [-0.2, -0.15) is 0 Å². The largest absolute Gasteiger partial charge is 0.358 e. The molecule has 0 spiro atoms. The van der Waals surface area contributed by atoms with Crippen LogP contribution >= 0.6 is 0 Å². The third-order valence-electron chi connectivity index (χ3n) is 5.22. The summed E-state index contributed by atoms with van der Waals surface area (Å²) in [6.07, 6.45) is 4.89. The zero-order valence-corrected chi connectivity index (χ0v) is 13.8. The normalized spacial score (nSPS) is 18.4. The summed E-state index contributed by atoms with van der Waals surface area (Å²) in [5.74, 6) is 0.632. The first kappa shape index (κ1) is 15.2. The molecule has 1 fully saturated rings. The summed E-state index contributed by atoms with van der Waals surface area (Å²) in [5, 5.41) is 3.33. The number of rotatable bonds is 2. The number of aryl methyl sites for hydroxylation is 1. The van der Waals surface area contributed by atoms with Crippen molar-refractivity contribution in [1.82, 2.24) is 14.5 Å². The lowest BCUT2D eigenvalue weighted by Crippen LogP contribution is -2.46. The summed E-state index contributed by atoms with van der Waals surface area (Å²) in [6, 6.07) is 8.24. The quantitative estimate of drug-likeness (QED) is 0.885. The van der Waals surface area contributed by atoms with Gasteiger partial charge >= 0.3 is 5.69 Å². The number of aromatic amines is 1. The van der Waals surface area contributed by atoms with E-state index in [1.807, 2.05) is 31.2 Å². The van der Waals surface area contributed by atoms with Gasteiger partial charge in [-0.15, -0.1) is 0 Å². The summed E-state index contributed by atoms with van der Waals surface area (Å²) in [5.41, 5.74) is 1.77. The number of aromatic nitrogens is 2. The van der Waals surface area contributed by atoms with Gasteiger partial charge in [-0.1, -0.05) is 31.0 Å². The second-order valence-electron chi connectivity index (χ2n) is 6.73. The topological polar surface area (TPSA) is 70.1 Å². The predicted molar refractivity (Wildman–Crippen MR) is 93.7 cm³/mol. The molecule has 0 amide bonds. The Morgan fingerprint density at radius 1 is 1.12 bits per heavy atom. The average molecular weight is 326 g/mol. The Balaban J connectivity index is 1.81. The minimum Gasteiger partial charge on any atom is -0.358 e. The van der Waals surface area contributed by atoms with E-state index in [0.717, 1.165) is 11.3 Å². The number of hydrogen-bond acceptors (Lipinski definition) is 4. The number of nitrogens with zero attached hydrogens (tertiary/aromatic N) is 2. The van der Waals surface area contributed by atoms with Gasteiger partial charge in [0.05, 0.1) is 17.9 Å². The second-order valence-corrected chi connectivity index (χ2v) is 6.73. The van der Waals surface area contributed by atoms with Crippen LogP contribution in [0.3, 0.4) is 0 Å². The lowest BCUT2D eigenvalue weighted by Gasteiger charge is -2.34. The Labute approximate surface area is 140 Å². The van der Waals surface area contributed by atoms with Crippen LogP contribution in [0.25, 0.3) is 5.69 Å². The van der Waals surface area contributed by atoms with E-state index in [4.69, 9.17) is 0 Å². The molecule has 24 heavy (non-hydrogen) atoms. The van der Waals surface area contributed by atoms with E-state index in [1.165, 1.54) is 25.7 Å². The molecule has 1 aromatic carbocycles. The van der Waals surface area contributed by atoms with Crippen molar-refractivity contribution in [3.63, 3.8) is 0 Å². The molecule has 0 bridgehead atoms. The fraction of sp³-hybridized carbons (Fsp3) is 0.444. The molecular formula is C18H22N4O2. The molecule has 1 aliphatic heterocycles. The van der Waals surface area contributed by atoms with Gasteiger partial charge < -0.3 is 5.32 Å². The van der Waals surface area contributed by atoms with Crippen LogP contribution in [0.5, 0.6) is 0 Å². The molecule has 1 aliphatic carbocycles. The van der Waals surface area contributed by atoms with E-state index in [-0.39, 0.29) is 5.56 Å². The molecule has 0 radical (unpaired) electrons. The predicted octanol–water partition coefficient (Wildman–Crippen LogP) is 1.96. The van der Waals surface area contributed by atoms with Gasteiger partial charge in [0.25, 0.3) is 5.56 Å². The van der Waals surface area contributed by atoms with E-state index in [2.05, 4.69) is 15.2 Å². The molecule has 1 saturated carbocycles. The van der Waals surface area contributed by atoms with Crippen molar-refractivity contribution in [2.45, 2.75) is 45.2 Å². The van der Waals surface area contributed by atoms with Gasteiger partial charge in [-0.25, -0.2) is 9.36 Å². The lowest BCUT2D eigenvalue weighted by atomic mass is 10.1. The zero-order chi connectivity index (χ0) is 16.7. The molecule has 2 N–H and O–H groups in total. The van der Waals surface area contributed by atoms with Gasteiger partial charge in [0, 0.05) is 12.6 Å². The van der Waals surface area contributed by atoms with Gasteiger partial charge in [0.15, 0.2) is 0 Å². The first-order valence-electron chi connectivity index (χ1n) is 8.57. The molecule has 0 unspecified atom stereocenters. The van der Waals surface area contributed by atoms with E-state index in [0.29, 0.717) is 30.6 Å². The molecule has 1 aromatic heterocycles. The Hall–Kier alpha value is -2.34. The van der Waals surface area contributed by atoms with Crippen molar-refractivity contribution in [2.24, 2.45) is 0 Å². The van der Waals surface area contributed by atoms with Crippen LogP contribution in [0.2, 0.25) is 0 Å².